The Bertz CT molecular complexity index is 748. The van der Waals surface area contributed by atoms with Crippen LogP contribution in [-0.2, 0) is 0 Å². The van der Waals surface area contributed by atoms with Crippen LogP contribution in [0.25, 0.3) is 11.0 Å². The van der Waals surface area contributed by atoms with Crippen LogP contribution in [0.1, 0.15) is 18.5 Å². The number of piperazine rings is 1. The van der Waals surface area contributed by atoms with E-state index in [0.29, 0.717) is 6.04 Å². The standard InChI is InChI=1S/C16H20N6OS/c1-11(12-2-3-13-14(10-12)18-5-4-17-13)21-6-8-22(9-7-21)15-19-20-16(23)24-15/h2-5,10-11,15,19H,6-9H2,1H3,(H,20,23). The van der Waals surface area contributed by atoms with Crippen molar-refractivity contribution in [2.75, 3.05) is 26.2 Å². The molecule has 7 nitrogen and oxygen atoms in total. The summed E-state index contributed by atoms with van der Waals surface area (Å²) in [5.74, 6) is 0. The predicted molar refractivity (Wildman–Crippen MR) is 94.1 cm³/mol. The normalized spacial score (nSPS) is 24.2. The van der Waals surface area contributed by atoms with Gasteiger partial charge < -0.3 is 0 Å². The summed E-state index contributed by atoms with van der Waals surface area (Å²) >= 11 is 1.31. The Morgan fingerprint density at radius 2 is 1.92 bits per heavy atom. The first-order valence-electron chi connectivity index (χ1n) is 8.11. The molecule has 0 bridgehead atoms. The van der Waals surface area contributed by atoms with Crippen molar-refractivity contribution < 1.29 is 4.79 Å². The average molecular weight is 344 g/mol. The number of fused-ring (bicyclic) bond motifs is 1. The van der Waals surface area contributed by atoms with E-state index >= 15 is 0 Å². The van der Waals surface area contributed by atoms with Crippen LogP contribution >= 0.6 is 11.8 Å². The van der Waals surface area contributed by atoms with Gasteiger partial charge in [-0.2, -0.15) is 0 Å². The monoisotopic (exact) mass is 344 g/mol. The fourth-order valence-electron chi connectivity index (χ4n) is 3.26. The number of nitrogens with zero attached hydrogens (tertiary/aromatic N) is 4. The number of carbonyl (C=O) groups excluding carboxylic acids is 1. The van der Waals surface area contributed by atoms with Crippen LogP contribution in [-0.4, -0.2) is 56.7 Å². The molecule has 2 N–H and O–H groups in total. The molecule has 0 saturated carbocycles. The van der Waals surface area contributed by atoms with Crippen LogP contribution in [0.15, 0.2) is 30.6 Å². The lowest BCUT2D eigenvalue weighted by Gasteiger charge is -2.39. The highest BCUT2D eigenvalue weighted by Crippen LogP contribution is 2.26. The maximum Gasteiger partial charge on any atom is 0.296 e. The summed E-state index contributed by atoms with van der Waals surface area (Å²) in [5, 5.41) is -0.00642. The summed E-state index contributed by atoms with van der Waals surface area (Å²) in [4.78, 5) is 24.8. The predicted octanol–water partition coefficient (Wildman–Crippen LogP) is 1.55. The Labute approximate surface area is 144 Å². The molecule has 2 fully saturated rings. The van der Waals surface area contributed by atoms with Gasteiger partial charge in [0.15, 0.2) is 0 Å². The first-order chi connectivity index (χ1) is 11.7. The number of amides is 1. The first-order valence-corrected chi connectivity index (χ1v) is 8.99. The highest BCUT2D eigenvalue weighted by molar-refractivity contribution is 8.14. The lowest BCUT2D eigenvalue weighted by atomic mass is 10.1. The zero-order valence-electron chi connectivity index (χ0n) is 13.5. The average Bonchev–Trinajstić information content (AvgIpc) is 3.07. The molecule has 2 aromatic rings. The molecule has 2 aliphatic heterocycles. The van der Waals surface area contributed by atoms with Crippen molar-refractivity contribution >= 4 is 28.0 Å². The minimum atomic E-state index is -0.00642. The van der Waals surface area contributed by atoms with Gasteiger partial charge in [-0.05, 0) is 36.4 Å². The van der Waals surface area contributed by atoms with Gasteiger partial charge in [0.05, 0.1) is 11.0 Å². The fraction of sp³-hybridized carbons (Fsp3) is 0.438. The second-order valence-electron chi connectivity index (χ2n) is 6.08. The number of rotatable bonds is 3. The van der Waals surface area contributed by atoms with Crippen molar-refractivity contribution in [3.63, 3.8) is 0 Å². The van der Waals surface area contributed by atoms with Crippen LogP contribution in [0.5, 0.6) is 0 Å². The number of thioether (sulfide) groups is 1. The lowest BCUT2D eigenvalue weighted by Crippen LogP contribution is -2.53. The summed E-state index contributed by atoms with van der Waals surface area (Å²) in [6, 6.07) is 6.66. The highest BCUT2D eigenvalue weighted by atomic mass is 32.2. The van der Waals surface area contributed by atoms with E-state index in [1.165, 1.54) is 17.3 Å². The van der Waals surface area contributed by atoms with Crippen LogP contribution in [0.3, 0.4) is 0 Å². The Morgan fingerprint density at radius 1 is 1.17 bits per heavy atom. The van der Waals surface area contributed by atoms with Crippen molar-refractivity contribution in [3.8, 4) is 0 Å². The van der Waals surface area contributed by atoms with Crippen molar-refractivity contribution in [3.05, 3.63) is 36.2 Å². The zero-order chi connectivity index (χ0) is 16.5. The molecule has 126 valence electrons. The Hall–Kier alpha value is -1.74. The summed E-state index contributed by atoms with van der Waals surface area (Å²) in [6.45, 7) is 6.08. The Balaban J connectivity index is 1.41. The molecular formula is C16H20N6OS. The fourth-order valence-corrected chi connectivity index (χ4v) is 4.06. The van der Waals surface area contributed by atoms with E-state index in [0.717, 1.165) is 37.2 Å². The van der Waals surface area contributed by atoms with Crippen molar-refractivity contribution in [1.29, 1.82) is 0 Å². The van der Waals surface area contributed by atoms with E-state index < -0.39 is 0 Å². The molecule has 3 heterocycles. The Kier molecular flexibility index (Phi) is 4.36. The second kappa shape index (κ2) is 6.64. The molecular weight excluding hydrogens is 324 g/mol. The third-order valence-electron chi connectivity index (χ3n) is 4.72. The van der Waals surface area contributed by atoms with E-state index in [1.807, 2.05) is 6.07 Å². The van der Waals surface area contributed by atoms with Gasteiger partial charge in [0.1, 0.15) is 5.50 Å². The molecule has 0 radical (unpaired) electrons. The topological polar surface area (TPSA) is 73.4 Å². The molecule has 24 heavy (non-hydrogen) atoms. The van der Waals surface area contributed by atoms with Gasteiger partial charge in [-0.15, -0.1) is 0 Å². The van der Waals surface area contributed by atoms with E-state index in [4.69, 9.17) is 0 Å². The zero-order valence-corrected chi connectivity index (χ0v) is 14.3. The number of benzene rings is 1. The molecule has 2 atom stereocenters. The van der Waals surface area contributed by atoms with Crippen LogP contribution in [0, 0.1) is 0 Å². The SMILES string of the molecule is CC(c1ccc2nccnc2c1)N1CCN(C2NNC(=O)S2)CC1. The smallest absolute Gasteiger partial charge is 0.294 e. The van der Waals surface area contributed by atoms with Gasteiger partial charge in [0, 0.05) is 44.6 Å². The molecule has 1 aromatic heterocycles. The number of hydrazine groups is 1. The Morgan fingerprint density at radius 3 is 2.62 bits per heavy atom. The van der Waals surface area contributed by atoms with Crippen LogP contribution in [0.2, 0.25) is 0 Å². The van der Waals surface area contributed by atoms with Crippen LogP contribution in [0.4, 0.5) is 4.79 Å². The van der Waals surface area contributed by atoms with Crippen molar-refractivity contribution in [1.82, 2.24) is 30.6 Å². The van der Waals surface area contributed by atoms with Gasteiger partial charge >= 0.3 is 0 Å². The molecule has 1 amide bonds. The second-order valence-corrected chi connectivity index (χ2v) is 7.13. The molecule has 2 aliphatic rings. The minimum absolute atomic E-state index is 0.00642. The lowest BCUT2D eigenvalue weighted by molar-refractivity contribution is 0.0874. The van der Waals surface area contributed by atoms with Gasteiger partial charge in [-0.3, -0.25) is 30.0 Å². The van der Waals surface area contributed by atoms with E-state index in [1.54, 1.807) is 12.4 Å². The number of nitrogens with one attached hydrogen (secondary N) is 2. The van der Waals surface area contributed by atoms with E-state index in [2.05, 4.69) is 49.7 Å². The van der Waals surface area contributed by atoms with Crippen molar-refractivity contribution in [2.45, 2.75) is 18.5 Å². The molecule has 0 spiro atoms. The quantitative estimate of drug-likeness (QED) is 0.875. The molecule has 2 saturated heterocycles. The summed E-state index contributed by atoms with van der Waals surface area (Å²) in [5.41, 5.74) is 8.86. The van der Waals surface area contributed by atoms with Gasteiger partial charge in [0.2, 0.25) is 0 Å². The highest BCUT2D eigenvalue weighted by Gasteiger charge is 2.31. The molecule has 0 aliphatic carbocycles. The van der Waals surface area contributed by atoms with Gasteiger partial charge in [-0.25, -0.2) is 5.43 Å². The van der Waals surface area contributed by atoms with E-state index in [9.17, 15) is 4.79 Å². The molecule has 8 heteroatoms. The van der Waals surface area contributed by atoms with Gasteiger partial charge in [0.25, 0.3) is 5.24 Å². The maximum atomic E-state index is 11.3. The number of carbonyl (C=O) groups is 1. The summed E-state index contributed by atoms with van der Waals surface area (Å²) in [7, 11) is 0. The molecule has 2 unspecified atom stereocenters. The summed E-state index contributed by atoms with van der Waals surface area (Å²) < 4.78 is 0. The number of hydrogen-bond acceptors (Lipinski definition) is 7. The molecule has 1 aromatic carbocycles. The largest absolute Gasteiger partial charge is 0.296 e. The summed E-state index contributed by atoms with van der Waals surface area (Å²) in [6.07, 6.45) is 3.45. The maximum absolute atomic E-state index is 11.3. The van der Waals surface area contributed by atoms with Crippen LogP contribution < -0.4 is 10.9 Å². The van der Waals surface area contributed by atoms with Crippen molar-refractivity contribution in [2.24, 2.45) is 0 Å². The third-order valence-corrected chi connectivity index (χ3v) is 5.68. The first kappa shape index (κ1) is 15.8. The third kappa shape index (κ3) is 3.10. The van der Waals surface area contributed by atoms with E-state index in [-0.39, 0.29) is 10.7 Å². The minimum Gasteiger partial charge on any atom is -0.294 e. The van der Waals surface area contributed by atoms with Gasteiger partial charge in [-0.1, -0.05) is 6.07 Å². The number of hydrogen-bond donors (Lipinski definition) is 2. The number of aromatic nitrogens is 2. The molecule has 4 rings (SSSR count).